The Kier molecular flexibility index (Phi) is 7.29. The number of carbonyl (C=O) groups excluding carboxylic acids is 1. The summed E-state index contributed by atoms with van der Waals surface area (Å²) in [6.07, 6.45) is 1.79. The fourth-order valence-corrected chi connectivity index (χ4v) is 4.24. The largest absolute Gasteiger partial charge is 0.324 e. The van der Waals surface area contributed by atoms with Gasteiger partial charge in [-0.2, -0.15) is 5.10 Å². The van der Waals surface area contributed by atoms with E-state index in [9.17, 15) is 4.79 Å². The highest BCUT2D eigenvalue weighted by molar-refractivity contribution is 7.98. The Balaban J connectivity index is 1.77. The van der Waals surface area contributed by atoms with Crippen molar-refractivity contribution in [2.45, 2.75) is 44.5 Å². The van der Waals surface area contributed by atoms with Crippen LogP contribution in [0, 0.1) is 25.5 Å². The summed E-state index contributed by atoms with van der Waals surface area (Å²) in [5, 5.41) is 7.63. The molecule has 3 aromatic rings. The van der Waals surface area contributed by atoms with Gasteiger partial charge in [-0.05, 0) is 56.2 Å². The number of amides is 1. The van der Waals surface area contributed by atoms with Gasteiger partial charge in [-0.25, -0.2) is 4.68 Å². The Labute approximate surface area is 186 Å². The Morgan fingerprint density at radius 2 is 1.83 bits per heavy atom. The van der Waals surface area contributed by atoms with Crippen molar-refractivity contribution < 1.29 is 4.79 Å². The topological polar surface area (TPSA) is 51.9 Å². The molecule has 0 radical (unpaired) electrons. The molecule has 0 bridgehead atoms. The first kappa shape index (κ1) is 22.1. The van der Waals surface area contributed by atoms with Crippen LogP contribution in [-0.2, 0) is 23.6 Å². The van der Waals surface area contributed by atoms with Crippen LogP contribution in [0.5, 0.6) is 0 Å². The van der Waals surface area contributed by atoms with Gasteiger partial charge in [0.25, 0.3) is 0 Å². The molecular weight excluding hydrogens is 412 g/mol. The summed E-state index contributed by atoms with van der Waals surface area (Å²) in [5.74, 6) is 1.33. The van der Waals surface area contributed by atoms with Crippen molar-refractivity contribution in [3.63, 3.8) is 0 Å². The number of nitrogens with one attached hydrogen (secondary N) is 1. The van der Waals surface area contributed by atoms with E-state index in [2.05, 4.69) is 48.2 Å². The average molecular weight is 439 g/mol. The SMILES string of the molecule is C=CCn1c(CSc2ccc(C)cc2)nn(CC(=O)Nc2c(C)cccc2C)c1=S. The molecular formula is C23H26N4OS2. The van der Waals surface area contributed by atoms with Gasteiger partial charge in [0.1, 0.15) is 12.4 Å². The maximum atomic E-state index is 12.7. The lowest BCUT2D eigenvalue weighted by Gasteiger charge is -2.11. The van der Waals surface area contributed by atoms with Gasteiger partial charge in [-0.15, -0.1) is 18.3 Å². The second-order valence-corrected chi connectivity index (χ2v) is 8.59. The van der Waals surface area contributed by atoms with Crippen LogP contribution < -0.4 is 5.32 Å². The zero-order valence-corrected chi connectivity index (χ0v) is 19.1. The highest BCUT2D eigenvalue weighted by Gasteiger charge is 2.14. The molecule has 1 heterocycles. The zero-order valence-electron chi connectivity index (χ0n) is 17.5. The summed E-state index contributed by atoms with van der Waals surface area (Å²) in [4.78, 5) is 13.8. The van der Waals surface area contributed by atoms with E-state index < -0.39 is 0 Å². The number of thioether (sulfide) groups is 1. The maximum Gasteiger partial charge on any atom is 0.246 e. The zero-order chi connectivity index (χ0) is 21.7. The van der Waals surface area contributed by atoms with Gasteiger partial charge < -0.3 is 5.32 Å². The van der Waals surface area contributed by atoms with Crippen molar-refractivity contribution in [1.82, 2.24) is 14.3 Å². The molecule has 2 aromatic carbocycles. The number of aromatic nitrogens is 3. The normalized spacial score (nSPS) is 10.8. The van der Waals surface area contributed by atoms with Crippen molar-refractivity contribution >= 4 is 35.6 Å². The number of benzene rings is 2. The smallest absolute Gasteiger partial charge is 0.246 e. The molecule has 7 heteroatoms. The number of hydrogen-bond donors (Lipinski definition) is 1. The molecule has 0 fully saturated rings. The van der Waals surface area contributed by atoms with E-state index in [0.717, 1.165) is 22.6 Å². The van der Waals surface area contributed by atoms with Crippen LogP contribution in [0.3, 0.4) is 0 Å². The number of hydrogen-bond acceptors (Lipinski definition) is 4. The van der Waals surface area contributed by atoms with Crippen molar-refractivity contribution in [3.8, 4) is 0 Å². The van der Waals surface area contributed by atoms with Crippen LogP contribution in [0.25, 0.3) is 0 Å². The van der Waals surface area contributed by atoms with Gasteiger partial charge in [0.05, 0.1) is 5.75 Å². The first-order valence-corrected chi connectivity index (χ1v) is 11.1. The van der Waals surface area contributed by atoms with E-state index in [4.69, 9.17) is 12.2 Å². The van der Waals surface area contributed by atoms with E-state index >= 15 is 0 Å². The number of allylic oxidation sites excluding steroid dienone is 1. The third-order valence-electron chi connectivity index (χ3n) is 4.74. The van der Waals surface area contributed by atoms with Gasteiger partial charge in [-0.3, -0.25) is 9.36 Å². The van der Waals surface area contributed by atoms with Gasteiger partial charge in [0.2, 0.25) is 5.91 Å². The minimum atomic E-state index is -0.149. The molecule has 0 spiro atoms. The van der Waals surface area contributed by atoms with E-state index in [1.54, 1.807) is 22.5 Å². The molecule has 0 aliphatic rings. The van der Waals surface area contributed by atoms with Gasteiger partial charge >= 0.3 is 0 Å². The number of rotatable bonds is 8. The summed E-state index contributed by atoms with van der Waals surface area (Å²) in [7, 11) is 0. The highest BCUT2D eigenvalue weighted by Crippen LogP contribution is 2.23. The van der Waals surface area contributed by atoms with Gasteiger partial charge in [0, 0.05) is 17.1 Å². The summed E-state index contributed by atoms with van der Waals surface area (Å²) in [6.45, 7) is 10.5. The Hall–Kier alpha value is -2.64. The highest BCUT2D eigenvalue weighted by atomic mass is 32.2. The first-order chi connectivity index (χ1) is 14.4. The van der Waals surface area contributed by atoms with E-state index in [0.29, 0.717) is 17.1 Å². The molecule has 1 N–H and O–H groups in total. The fourth-order valence-electron chi connectivity index (χ4n) is 3.12. The molecule has 0 aliphatic heterocycles. The second kappa shape index (κ2) is 9.91. The van der Waals surface area contributed by atoms with Crippen LogP contribution in [-0.4, -0.2) is 20.3 Å². The van der Waals surface area contributed by atoms with Crippen molar-refractivity contribution in [2.75, 3.05) is 5.32 Å². The minimum Gasteiger partial charge on any atom is -0.324 e. The quantitative estimate of drug-likeness (QED) is 0.288. The lowest BCUT2D eigenvalue weighted by Crippen LogP contribution is -2.21. The van der Waals surface area contributed by atoms with E-state index in [1.807, 2.05) is 36.6 Å². The van der Waals surface area contributed by atoms with Gasteiger partial charge in [0.15, 0.2) is 4.77 Å². The van der Waals surface area contributed by atoms with Crippen LogP contribution >= 0.6 is 24.0 Å². The Bertz CT molecular complexity index is 1090. The number of carbonyl (C=O) groups is 1. The predicted molar refractivity (Wildman–Crippen MR) is 127 cm³/mol. The maximum absolute atomic E-state index is 12.7. The van der Waals surface area contributed by atoms with Crippen molar-refractivity contribution in [3.05, 3.63) is 82.4 Å². The number of aryl methyl sites for hydroxylation is 3. The van der Waals surface area contributed by atoms with Crippen LogP contribution in [0.1, 0.15) is 22.5 Å². The molecule has 30 heavy (non-hydrogen) atoms. The molecule has 156 valence electrons. The third-order valence-corrected chi connectivity index (χ3v) is 6.18. The molecule has 0 atom stereocenters. The summed E-state index contributed by atoms with van der Waals surface area (Å²) < 4.78 is 4.04. The lowest BCUT2D eigenvalue weighted by molar-refractivity contribution is -0.116. The fraction of sp³-hybridized carbons (Fsp3) is 0.261. The van der Waals surface area contributed by atoms with Crippen molar-refractivity contribution in [1.29, 1.82) is 0 Å². The first-order valence-electron chi connectivity index (χ1n) is 9.72. The predicted octanol–water partition coefficient (Wildman–Crippen LogP) is 5.46. The monoisotopic (exact) mass is 438 g/mol. The number of nitrogens with zero attached hydrogens (tertiary/aromatic N) is 3. The molecule has 5 nitrogen and oxygen atoms in total. The molecule has 0 saturated carbocycles. The lowest BCUT2D eigenvalue weighted by atomic mass is 10.1. The molecule has 3 rings (SSSR count). The van der Waals surface area contributed by atoms with Crippen LogP contribution in [0.2, 0.25) is 0 Å². The molecule has 0 aliphatic carbocycles. The third kappa shape index (κ3) is 5.29. The molecule has 1 aromatic heterocycles. The van der Waals surface area contributed by atoms with Crippen LogP contribution in [0.15, 0.2) is 60.0 Å². The second-order valence-electron chi connectivity index (χ2n) is 7.17. The number of anilines is 1. The Morgan fingerprint density at radius 1 is 1.17 bits per heavy atom. The minimum absolute atomic E-state index is 0.0684. The van der Waals surface area contributed by atoms with Gasteiger partial charge in [-0.1, -0.05) is 42.0 Å². The van der Waals surface area contributed by atoms with Crippen molar-refractivity contribution in [2.24, 2.45) is 0 Å². The van der Waals surface area contributed by atoms with Crippen LogP contribution in [0.4, 0.5) is 5.69 Å². The van der Waals surface area contributed by atoms with E-state index in [-0.39, 0.29) is 12.5 Å². The Morgan fingerprint density at radius 3 is 2.47 bits per heavy atom. The average Bonchev–Trinajstić information content (AvgIpc) is 3.00. The molecule has 1 amide bonds. The number of para-hydroxylation sites is 1. The molecule has 0 saturated heterocycles. The summed E-state index contributed by atoms with van der Waals surface area (Å²) >= 11 is 7.28. The standard InChI is InChI=1S/C23H26N4OS2/c1-5-13-26-20(15-30-19-11-9-16(2)10-12-19)25-27(23(26)29)14-21(28)24-22-17(3)7-6-8-18(22)4/h5-12H,1,13-15H2,2-4H3,(H,24,28). The molecule has 0 unspecified atom stereocenters. The van der Waals surface area contributed by atoms with E-state index in [1.165, 1.54) is 10.5 Å². The summed E-state index contributed by atoms with van der Waals surface area (Å²) in [5.41, 5.74) is 4.13. The summed E-state index contributed by atoms with van der Waals surface area (Å²) in [6, 6.07) is 14.3.